The number of fused-ring (bicyclic) bond motifs is 2. The first kappa shape index (κ1) is 36.7. The highest BCUT2D eigenvalue weighted by Crippen LogP contribution is 2.48. The van der Waals surface area contributed by atoms with E-state index in [0.29, 0.717) is 23.5 Å². The molecule has 0 spiro atoms. The number of ketones is 1. The number of benzene rings is 2. The molecule has 2 aromatic rings. The summed E-state index contributed by atoms with van der Waals surface area (Å²) in [6, 6.07) is 11.7. The molecule has 0 saturated carbocycles. The van der Waals surface area contributed by atoms with Gasteiger partial charge in [-0.05, 0) is 75.6 Å². The Labute approximate surface area is 277 Å². The molecule has 1 unspecified atom stereocenters. The van der Waals surface area contributed by atoms with E-state index in [-0.39, 0.29) is 10.8 Å². The summed E-state index contributed by atoms with van der Waals surface area (Å²) in [6.45, 7) is 18.5. The topological polar surface area (TPSA) is 80.9 Å². The van der Waals surface area contributed by atoms with E-state index < -0.39 is 11.1 Å². The zero-order valence-electron chi connectivity index (χ0n) is 28.2. The average Bonchev–Trinajstić information content (AvgIpc) is 3.38. The van der Waals surface area contributed by atoms with Gasteiger partial charge >= 0.3 is 0 Å². The van der Waals surface area contributed by atoms with Gasteiger partial charge in [-0.25, -0.2) is 4.21 Å². The van der Waals surface area contributed by atoms with Crippen molar-refractivity contribution in [1.82, 2.24) is 0 Å². The minimum Gasteiger partial charge on any atom is -0.344 e. The third kappa shape index (κ3) is 7.97. The van der Waals surface area contributed by atoms with Crippen LogP contribution in [-0.2, 0) is 26.7 Å². The highest BCUT2D eigenvalue weighted by molar-refractivity contribution is 7.93. The van der Waals surface area contributed by atoms with Crippen LogP contribution in [0.2, 0.25) is 0 Å². The van der Waals surface area contributed by atoms with Gasteiger partial charge in [-0.1, -0.05) is 52.8 Å². The van der Waals surface area contributed by atoms with Crippen molar-refractivity contribution in [3.05, 3.63) is 83.6 Å². The van der Waals surface area contributed by atoms with Gasteiger partial charge in [0.05, 0.1) is 10.3 Å². The highest BCUT2D eigenvalue weighted by Gasteiger charge is 2.44. The van der Waals surface area contributed by atoms with Gasteiger partial charge in [0.25, 0.3) is 0 Å². The molecule has 1 atom stereocenters. The van der Waals surface area contributed by atoms with Crippen LogP contribution in [0, 0.1) is 0 Å². The SMILES string of the molecule is CC.CCC(=O)CCCCC[N+]1=C(/C=C/C=C/C=C2\N(CC)c3ccc(S(=O)O)cc3C2(C)C)C(C)(C)c2cc(SO)ccc21. The van der Waals surface area contributed by atoms with E-state index >= 15 is 0 Å². The van der Waals surface area contributed by atoms with Gasteiger partial charge in [-0.15, -0.1) is 0 Å². The number of hydrogen-bond donors (Lipinski definition) is 2. The molecule has 2 aromatic carbocycles. The molecule has 0 saturated heterocycles. The molecule has 45 heavy (non-hydrogen) atoms. The number of unbranched alkanes of at least 4 members (excludes halogenated alkanes) is 2. The Morgan fingerprint density at radius 2 is 1.69 bits per heavy atom. The first-order valence-corrected chi connectivity index (χ1v) is 18.1. The van der Waals surface area contributed by atoms with Crippen LogP contribution in [0.4, 0.5) is 11.4 Å². The maximum absolute atomic E-state index is 11.7. The number of Topliss-reactive ketones (excluding diaryl/α,β-unsaturated/α-hetero) is 1. The van der Waals surface area contributed by atoms with Gasteiger partial charge in [0, 0.05) is 77.3 Å². The second-order valence-electron chi connectivity index (χ2n) is 12.2. The number of anilines is 1. The monoisotopic (exact) mass is 651 g/mol. The first-order chi connectivity index (χ1) is 21.5. The second-order valence-corrected chi connectivity index (χ2v) is 13.9. The number of likely N-dealkylation sites (N-methyl/N-ethyl adjacent to an activating group) is 1. The van der Waals surface area contributed by atoms with Crippen molar-refractivity contribution in [1.29, 1.82) is 0 Å². The Balaban J connectivity index is 0.00000271. The van der Waals surface area contributed by atoms with Gasteiger partial charge in [-0.2, -0.15) is 4.58 Å². The summed E-state index contributed by atoms with van der Waals surface area (Å²) in [7, 11) is 0. The molecule has 0 aliphatic carbocycles. The summed E-state index contributed by atoms with van der Waals surface area (Å²) < 4.78 is 33.5. The Hall–Kier alpha value is -2.78. The number of rotatable bonds is 13. The number of nitrogens with zero attached hydrogens (tertiary/aromatic N) is 2. The van der Waals surface area contributed by atoms with Crippen molar-refractivity contribution in [2.45, 2.75) is 108 Å². The Bertz CT molecular complexity index is 1520. The van der Waals surface area contributed by atoms with Crippen molar-refractivity contribution in [2.75, 3.05) is 18.0 Å². The lowest BCUT2D eigenvalue weighted by atomic mass is 9.81. The summed E-state index contributed by atoms with van der Waals surface area (Å²) in [4.78, 5) is 15.3. The summed E-state index contributed by atoms with van der Waals surface area (Å²) in [5.74, 6) is 0.330. The van der Waals surface area contributed by atoms with Gasteiger partial charge in [-0.3, -0.25) is 4.79 Å². The highest BCUT2D eigenvalue weighted by atomic mass is 32.2. The van der Waals surface area contributed by atoms with Crippen LogP contribution in [-0.4, -0.2) is 42.5 Å². The molecular formula is C37H51N2O4S2+. The van der Waals surface area contributed by atoms with Crippen molar-refractivity contribution in [2.24, 2.45) is 0 Å². The fourth-order valence-corrected chi connectivity index (χ4v) is 7.06. The normalized spacial score (nSPS) is 18.0. The molecule has 2 heterocycles. The summed E-state index contributed by atoms with van der Waals surface area (Å²) in [5, 5.41) is 0. The third-order valence-electron chi connectivity index (χ3n) is 8.81. The first-order valence-electron chi connectivity index (χ1n) is 16.2. The molecule has 0 fully saturated rings. The van der Waals surface area contributed by atoms with Crippen LogP contribution < -0.4 is 4.90 Å². The molecule has 8 heteroatoms. The van der Waals surface area contributed by atoms with Crippen molar-refractivity contribution in [3.8, 4) is 0 Å². The molecular weight excluding hydrogens is 601 g/mol. The van der Waals surface area contributed by atoms with Gasteiger partial charge in [0.1, 0.15) is 12.3 Å². The molecule has 2 aliphatic rings. The van der Waals surface area contributed by atoms with Crippen LogP contribution in [0.15, 0.2) is 82.3 Å². The van der Waals surface area contributed by atoms with Crippen LogP contribution in [0.3, 0.4) is 0 Å². The molecule has 6 nitrogen and oxygen atoms in total. The zero-order valence-corrected chi connectivity index (χ0v) is 29.9. The van der Waals surface area contributed by atoms with Crippen molar-refractivity contribution in [3.63, 3.8) is 0 Å². The Morgan fingerprint density at radius 3 is 2.33 bits per heavy atom. The minimum atomic E-state index is -2.02. The number of carbonyl (C=O) groups excluding carboxylic acids is 1. The maximum atomic E-state index is 11.7. The van der Waals surface area contributed by atoms with E-state index in [0.717, 1.165) is 66.2 Å². The van der Waals surface area contributed by atoms with Crippen LogP contribution >= 0.6 is 12.0 Å². The van der Waals surface area contributed by atoms with Gasteiger partial charge in [0.15, 0.2) is 16.8 Å². The lowest BCUT2D eigenvalue weighted by molar-refractivity contribution is -0.438. The molecule has 244 valence electrons. The van der Waals surface area contributed by atoms with E-state index in [1.807, 2.05) is 39.0 Å². The van der Waals surface area contributed by atoms with Crippen molar-refractivity contribution >= 4 is 46.0 Å². The van der Waals surface area contributed by atoms with E-state index in [1.54, 1.807) is 6.07 Å². The summed E-state index contributed by atoms with van der Waals surface area (Å²) >= 11 is -1.24. The molecule has 2 aliphatic heterocycles. The second kappa shape index (κ2) is 16.2. The molecule has 2 N–H and O–H groups in total. The van der Waals surface area contributed by atoms with E-state index in [1.165, 1.54) is 17.0 Å². The molecule has 0 radical (unpaired) electrons. The predicted octanol–water partition coefficient (Wildman–Crippen LogP) is 9.59. The van der Waals surface area contributed by atoms with Crippen LogP contribution in [0.25, 0.3) is 0 Å². The van der Waals surface area contributed by atoms with Crippen LogP contribution in [0.5, 0.6) is 0 Å². The summed E-state index contributed by atoms with van der Waals surface area (Å²) in [6.07, 6.45) is 14.7. The van der Waals surface area contributed by atoms with E-state index in [2.05, 4.69) is 86.6 Å². The van der Waals surface area contributed by atoms with Gasteiger partial charge in [0.2, 0.25) is 5.69 Å². The lowest BCUT2D eigenvalue weighted by Crippen LogP contribution is -2.28. The number of carbonyl (C=O) groups is 1. The standard InChI is InChI=1S/C35H44N2O4S2.C2H6/c1-7-25(38)15-11-10-14-22-37-31-20-18-26(42-39)23-28(31)34(3,4)33(37)17-13-9-12-16-32-35(5,6)29-24-27(43(40)41)19-21-30(29)36(32)8-2;1-2/h9,12-13,16-21,23-24H,7-8,10-11,14-15,22H2,1-6H3,(H-,39,40,41);1-2H3/p+1. The third-order valence-corrected chi connectivity index (χ3v) is 9.93. The molecule has 0 amide bonds. The predicted molar refractivity (Wildman–Crippen MR) is 191 cm³/mol. The zero-order chi connectivity index (χ0) is 33.4. The fourth-order valence-electron chi connectivity index (χ4n) is 6.36. The molecule has 0 aromatic heterocycles. The van der Waals surface area contributed by atoms with Crippen LogP contribution in [0.1, 0.15) is 98.6 Å². The molecule has 4 rings (SSSR count). The lowest BCUT2D eigenvalue weighted by Gasteiger charge is -2.25. The van der Waals surface area contributed by atoms with E-state index in [4.69, 9.17) is 0 Å². The smallest absolute Gasteiger partial charge is 0.209 e. The van der Waals surface area contributed by atoms with E-state index in [9.17, 15) is 18.1 Å². The minimum absolute atomic E-state index is 0.235. The fraction of sp³-hybridized carbons (Fsp3) is 0.459. The Kier molecular flexibility index (Phi) is 13.2. The maximum Gasteiger partial charge on any atom is 0.209 e. The van der Waals surface area contributed by atoms with Crippen molar-refractivity contribution < 1.29 is 22.7 Å². The largest absolute Gasteiger partial charge is 0.344 e. The summed E-state index contributed by atoms with van der Waals surface area (Å²) in [5.41, 5.74) is 6.32. The van der Waals surface area contributed by atoms with Gasteiger partial charge < -0.3 is 14.0 Å². The number of hydrogen-bond acceptors (Lipinski definition) is 5. The molecule has 0 bridgehead atoms. The average molecular weight is 652 g/mol. The quantitative estimate of drug-likeness (QED) is 0.0738. The Morgan fingerprint density at radius 1 is 0.956 bits per heavy atom. The number of allylic oxidation sites excluding steroid dienone is 6.